The molecule has 5 nitrogen and oxygen atoms in total. The third-order valence-corrected chi connectivity index (χ3v) is 6.29. The summed E-state index contributed by atoms with van der Waals surface area (Å²) in [7, 11) is 2.16. The minimum absolute atomic E-state index is 0.403. The maximum absolute atomic E-state index is 7.74. The summed E-state index contributed by atoms with van der Waals surface area (Å²) < 4.78 is 6.51. The second-order valence-electron chi connectivity index (χ2n) is 8.27. The number of nitrogens with one attached hydrogen (secondary N) is 3. The van der Waals surface area contributed by atoms with Gasteiger partial charge in [0.2, 0.25) is 0 Å². The van der Waals surface area contributed by atoms with Crippen LogP contribution in [0.25, 0.3) is 5.70 Å². The van der Waals surface area contributed by atoms with Gasteiger partial charge in [0.1, 0.15) is 11.5 Å². The van der Waals surface area contributed by atoms with E-state index in [1.165, 1.54) is 17.5 Å². The smallest absolute Gasteiger partial charge is 0.141 e. The molecule has 5 heteroatoms. The number of para-hydroxylation sites is 1. The molecule has 0 aliphatic carbocycles. The predicted molar refractivity (Wildman–Crippen MR) is 125 cm³/mol. The van der Waals surface area contributed by atoms with Crippen LogP contribution < -0.4 is 20.3 Å². The molecule has 4 rings (SSSR count). The highest BCUT2D eigenvalue weighted by Gasteiger charge is 2.27. The van der Waals surface area contributed by atoms with Crippen molar-refractivity contribution in [1.82, 2.24) is 10.6 Å². The van der Waals surface area contributed by atoms with Crippen LogP contribution >= 0.6 is 0 Å². The molecule has 2 aromatic carbocycles. The molecule has 0 saturated carbocycles. The van der Waals surface area contributed by atoms with E-state index in [2.05, 4.69) is 41.6 Å². The van der Waals surface area contributed by atoms with Crippen LogP contribution in [0.4, 0.5) is 5.69 Å². The molecular formula is C25H32N4O. The monoisotopic (exact) mass is 404 g/mol. The first-order valence-electron chi connectivity index (χ1n) is 11.0. The van der Waals surface area contributed by atoms with E-state index < -0.39 is 0 Å². The Labute approximate surface area is 179 Å². The van der Waals surface area contributed by atoms with E-state index in [1.54, 1.807) is 0 Å². The van der Waals surface area contributed by atoms with Crippen molar-refractivity contribution < 1.29 is 4.74 Å². The third kappa shape index (κ3) is 4.36. The first kappa shape index (κ1) is 20.5. The number of anilines is 1. The minimum Gasteiger partial charge on any atom is -0.456 e. The molecular weight excluding hydrogens is 372 g/mol. The fraction of sp³-hybridized carbons (Fsp3) is 0.400. The Morgan fingerprint density at radius 1 is 1.13 bits per heavy atom. The lowest BCUT2D eigenvalue weighted by Gasteiger charge is -2.35. The van der Waals surface area contributed by atoms with Crippen LogP contribution in [0.2, 0.25) is 0 Å². The van der Waals surface area contributed by atoms with Gasteiger partial charge in [0, 0.05) is 47.9 Å². The van der Waals surface area contributed by atoms with Gasteiger partial charge in [0.25, 0.3) is 0 Å². The Kier molecular flexibility index (Phi) is 6.38. The number of allylic oxidation sites excluding steroid dienone is 1. The molecule has 2 aliphatic heterocycles. The maximum Gasteiger partial charge on any atom is 0.141 e. The standard InChI is InChI=1S/C25H32N4O/c1-18-8-9-22-24(29(18)2)11-10-21(25(22)30-20-6-4-3-5-7-20)23(12-15-26)28-19-13-16-27-17-14-19/h3-7,10-12,15,18-19,26-28H,8-9,13-14,16-17H2,1-2H3/b23-12-,26-15?. The Morgan fingerprint density at radius 3 is 2.63 bits per heavy atom. The van der Waals surface area contributed by atoms with Crippen LogP contribution in [0.5, 0.6) is 11.5 Å². The summed E-state index contributed by atoms with van der Waals surface area (Å²) in [6, 6.07) is 15.3. The Bertz CT molecular complexity index is 903. The number of benzene rings is 2. The van der Waals surface area contributed by atoms with Crippen molar-refractivity contribution in [2.75, 3.05) is 25.0 Å². The topological polar surface area (TPSA) is 60.4 Å². The van der Waals surface area contributed by atoms with Gasteiger partial charge >= 0.3 is 0 Å². The SMILES string of the molecule is CC1CCc2c(ccc(/C(=C/C=N)NC3CCNCC3)c2Oc2ccccc2)N1C. The van der Waals surface area contributed by atoms with Crippen molar-refractivity contribution in [3.8, 4) is 11.5 Å². The molecule has 2 aromatic rings. The van der Waals surface area contributed by atoms with Gasteiger partial charge < -0.3 is 25.7 Å². The van der Waals surface area contributed by atoms with E-state index in [9.17, 15) is 0 Å². The van der Waals surface area contributed by atoms with Crippen LogP contribution in [0.1, 0.15) is 37.3 Å². The van der Waals surface area contributed by atoms with E-state index >= 15 is 0 Å². The molecule has 1 unspecified atom stereocenters. The predicted octanol–water partition coefficient (Wildman–Crippen LogP) is 4.58. The summed E-state index contributed by atoms with van der Waals surface area (Å²) in [6.45, 7) is 4.32. The van der Waals surface area contributed by atoms with Crippen molar-refractivity contribution in [3.63, 3.8) is 0 Å². The van der Waals surface area contributed by atoms with E-state index in [0.29, 0.717) is 12.1 Å². The zero-order chi connectivity index (χ0) is 20.9. The van der Waals surface area contributed by atoms with Crippen LogP contribution in [0, 0.1) is 5.41 Å². The van der Waals surface area contributed by atoms with Crippen LogP contribution in [0.3, 0.4) is 0 Å². The lowest BCUT2D eigenvalue weighted by atomic mass is 9.93. The van der Waals surface area contributed by atoms with E-state index in [1.807, 2.05) is 36.4 Å². The quantitative estimate of drug-likeness (QED) is 0.617. The number of nitrogens with zero attached hydrogens (tertiary/aromatic N) is 1. The van der Waals surface area contributed by atoms with Gasteiger partial charge in [0.05, 0.1) is 0 Å². The summed E-state index contributed by atoms with van der Waals surface area (Å²) >= 11 is 0. The summed E-state index contributed by atoms with van der Waals surface area (Å²) in [5, 5.41) is 14.9. The zero-order valence-electron chi connectivity index (χ0n) is 17.9. The average molecular weight is 405 g/mol. The molecule has 0 spiro atoms. The van der Waals surface area contributed by atoms with Gasteiger partial charge in [-0.15, -0.1) is 0 Å². The lowest BCUT2D eigenvalue weighted by Crippen LogP contribution is -2.39. The zero-order valence-corrected chi connectivity index (χ0v) is 17.9. The second kappa shape index (κ2) is 9.35. The van der Waals surface area contributed by atoms with Crippen LogP contribution in [-0.2, 0) is 6.42 Å². The van der Waals surface area contributed by atoms with Crippen molar-refractivity contribution in [2.45, 2.75) is 44.7 Å². The molecule has 2 aliphatic rings. The normalized spacial score (nSPS) is 19.9. The average Bonchev–Trinajstić information content (AvgIpc) is 2.78. The van der Waals surface area contributed by atoms with Crippen molar-refractivity contribution in [2.24, 2.45) is 0 Å². The number of hydrogen-bond donors (Lipinski definition) is 3. The fourth-order valence-electron chi connectivity index (χ4n) is 4.39. The number of hydrogen-bond acceptors (Lipinski definition) is 5. The van der Waals surface area contributed by atoms with Gasteiger partial charge in [0.15, 0.2) is 0 Å². The van der Waals surface area contributed by atoms with E-state index in [-0.39, 0.29) is 0 Å². The molecule has 30 heavy (non-hydrogen) atoms. The molecule has 1 atom stereocenters. The lowest BCUT2D eigenvalue weighted by molar-refractivity contribution is 0.423. The molecule has 0 bridgehead atoms. The molecule has 1 fully saturated rings. The molecule has 1 saturated heterocycles. The van der Waals surface area contributed by atoms with Crippen molar-refractivity contribution >= 4 is 17.6 Å². The molecule has 0 amide bonds. The number of piperidine rings is 1. The van der Waals surface area contributed by atoms with Crippen molar-refractivity contribution in [1.29, 1.82) is 5.41 Å². The summed E-state index contributed by atoms with van der Waals surface area (Å²) in [5.74, 6) is 1.75. The summed E-state index contributed by atoms with van der Waals surface area (Å²) in [4.78, 5) is 2.35. The molecule has 3 N–H and O–H groups in total. The Morgan fingerprint density at radius 2 is 1.90 bits per heavy atom. The minimum atomic E-state index is 0.403. The third-order valence-electron chi connectivity index (χ3n) is 6.29. The highest BCUT2D eigenvalue weighted by atomic mass is 16.5. The van der Waals surface area contributed by atoms with Gasteiger partial charge in [-0.05, 0) is 76.0 Å². The fourth-order valence-corrected chi connectivity index (χ4v) is 4.39. The molecule has 0 aromatic heterocycles. The summed E-state index contributed by atoms with van der Waals surface area (Å²) in [6.07, 6.45) is 7.47. The van der Waals surface area contributed by atoms with Gasteiger partial charge in [-0.3, -0.25) is 0 Å². The second-order valence-corrected chi connectivity index (χ2v) is 8.27. The van der Waals surface area contributed by atoms with E-state index in [4.69, 9.17) is 10.1 Å². The number of ether oxygens (including phenoxy) is 1. The first-order valence-corrected chi connectivity index (χ1v) is 11.0. The molecule has 0 radical (unpaired) electrons. The maximum atomic E-state index is 7.74. The van der Waals surface area contributed by atoms with Crippen LogP contribution in [0.15, 0.2) is 48.5 Å². The highest BCUT2D eigenvalue weighted by Crippen LogP contribution is 2.42. The number of rotatable bonds is 6. The largest absolute Gasteiger partial charge is 0.456 e. The Hall–Kier alpha value is -2.79. The van der Waals surface area contributed by atoms with Crippen molar-refractivity contribution in [3.05, 3.63) is 59.7 Å². The van der Waals surface area contributed by atoms with Gasteiger partial charge in [-0.1, -0.05) is 18.2 Å². The number of fused-ring (bicyclic) bond motifs is 1. The molecule has 158 valence electrons. The van der Waals surface area contributed by atoms with Gasteiger partial charge in [-0.25, -0.2) is 0 Å². The first-order chi connectivity index (χ1) is 14.7. The van der Waals surface area contributed by atoms with Gasteiger partial charge in [-0.2, -0.15) is 0 Å². The van der Waals surface area contributed by atoms with E-state index in [0.717, 1.165) is 61.5 Å². The Balaban J connectivity index is 1.77. The van der Waals surface area contributed by atoms with Crippen LogP contribution in [-0.4, -0.2) is 38.4 Å². The molecule has 2 heterocycles. The summed E-state index contributed by atoms with van der Waals surface area (Å²) in [5.41, 5.74) is 4.48. The highest BCUT2D eigenvalue weighted by molar-refractivity contribution is 5.85.